The Balaban J connectivity index is 1.94. The van der Waals surface area contributed by atoms with E-state index < -0.39 is 16.6 Å². The number of carbonyl (C=O) groups excluding carboxylic acids is 2. The van der Waals surface area contributed by atoms with Gasteiger partial charge in [0.1, 0.15) is 0 Å². The third kappa shape index (κ3) is 4.16. The molecule has 3 rings (SSSR count). The van der Waals surface area contributed by atoms with Crippen molar-refractivity contribution in [2.45, 2.75) is 0 Å². The van der Waals surface area contributed by atoms with Crippen LogP contribution in [0.2, 0.25) is 10.0 Å². The van der Waals surface area contributed by atoms with Crippen molar-refractivity contribution >= 4 is 56.9 Å². The number of halogens is 2. The molecule has 0 aliphatic heterocycles. The molecule has 136 valence electrons. The van der Waals surface area contributed by atoms with Crippen LogP contribution in [0.1, 0.15) is 25.6 Å². The SMILES string of the molecule is O=C(Nc1ccc(Cl)cc1C(=O)c1ccccc1Cl)c1ccc([N+](=O)[O-])s1. The van der Waals surface area contributed by atoms with Gasteiger partial charge in [0.25, 0.3) is 5.91 Å². The molecule has 3 aromatic rings. The van der Waals surface area contributed by atoms with Crippen molar-refractivity contribution in [3.8, 4) is 0 Å². The Morgan fingerprint density at radius 3 is 2.41 bits per heavy atom. The molecule has 6 nitrogen and oxygen atoms in total. The largest absolute Gasteiger partial charge is 0.324 e. The fourth-order valence-corrected chi connectivity index (χ4v) is 3.44. The van der Waals surface area contributed by atoms with Crippen molar-refractivity contribution in [2.75, 3.05) is 5.32 Å². The summed E-state index contributed by atoms with van der Waals surface area (Å²) in [5.41, 5.74) is 0.657. The van der Waals surface area contributed by atoms with E-state index in [9.17, 15) is 19.7 Å². The third-order valence-electron chi connectivity index (χ3n) is 3.59. The van der Waals surface area contributed by atoms with Crippen molar-refractivity contribution < 1.29 is 14.5 Å². The smallest absolute Gasteiger partial charge is 0.321 e. The number of anilines is 1. The Labute approximate surface area is 167 Å². The van der Waals surface area contributed by atoms with Crippen LogP contribution in [0.3, 0.4) is 0 Å². The number of hydrogen-bond donors (Lipinski definition) is 1. The van der Waals surface area contributed by atoms with Crippen LogP contribution < -0.4 is 5.32 Å². The second-order valence-corrected chi connectivity index (χ2v) is 7.25. The maximum atomic E-state index is 12.9. The first-order valence-corrected chi connectivity index (χ1v) is 9.08. The van der Waals surface area contributed by atoms with E-state index in [0.29, 0.717) is 5.02 Å². The molecule has 0 unspecified atom stereocenters. The minimum atomic E-state index is -0.573. The van der Waals surface area contributed by atoms with Crippen LogP contribution in [0.4, 0.5) is 10.7 Å². The molecule has 0 aliphatic carbocycles. The van der Waals surface area contributed by atoms with E-state index in [1.807, 2.05) is 0 Å². The van der Waals surface area contributed by atoms with Gasteiger partial charge in [0, 0.05) is 22.2 Å². The number of nitrogens with zero attached hydrogens (tertiary/aromatic N) is 1. The van der Waals surface area contributed by atoms with E-state index in [-0.39, 0.29) is 31.7 Å². The van der Waals surface area contributed by atoms with Gasteiger partial charge in [-0.15, -0.1) is 0 Å². The summed E-state index contributed by atoms with van der Waals surface area (Å²) in [5, 5.41) is 13.8. The van der Waals surface area contributed by atoms with Crippen LogP contribution in [-0.4, -0.2) is 16.6 Å². The Bertz CT molecular complexity index is 1070. The normalized spacial score (nSPS) is 10.4. The Hall–Kier alpha value is -2.74. The van der Waals surface area contributed by atoms with Crippen molar-refractivity contribution in [1.29, 1.82) is 0 Å². The molecule has 0 bridgehead atoms. The average molecular weight is 421 g/mol. The highest BCUT2D eigenvalue weighted by atomic mass is 35.5. The number of rotatable bonds is 5. The lowest BCUT2D eigenvalue weighted by Crippen LogP contribution is -2.14. The molecule has 1 aromatic heterocycles. The quantitative estimate of drug-likeness (QED) is 0.337. The van der Waals surface area contributed by atoms with Gasteiger partial charge < -0.3 is 5.32 Å². The highest BCUT2D eigenvalue weighted by Gasteiger charge is 2.20. The lowest BCUT2D eigenvalue weighted by molar-refractivity contribution is -0.380. The first kappa shape index (κ1) is 19.0. The topological polar surface area (TPSA) is 89.3 Å². The first-order valence-electron chi connectivity index (χ1n) is 7.51. The Morgan fingerprint density at radius 1 is 1.00 bits per heavy atom. The Morgan fingerprint density at radius 2 is 1.74 bits per heavy atom. The summed E-state index contributed by atoms with van der Waals surface area (Å²) in [5.74, 6) is -0.973. The van der Waals surface area contributed by atoms with Gasteiger partial charge in [-0.3, -0.25) is 19.7 Å². The number of ketones is 1. The molecule has 0 atom stereocenters. The Kier molecular flexibility index (Phi) is 5.55. The van der Waals surface area contributed by atoms with Gasteiger partial charge in [-0.2, -0.15) is 0 Å². The summed E-state index contributed by atoms with van der Waals surface area (Å²) >= 11 is 12.8. The summed E-state index contributed by atoms with van der Waals surface area (Å²) in [7, 11) is 0. The number of carbonyl (C=O) groups is 2. The molecule has 27 heavy (non-hydrogen) atoms. The van der Waals surface area contributed by atoms with Crippen molar-refractivity contribution in [1.82, 2.24) is 0 Å². The summed E-state index contributed by atoms with van der Waals surface area (Å²) in [4.78, 5) is 35.6. The number of amides is 1. The second kappa shape index (κ2) is 7.87. The molecule has 9 heteroatoms. The third-order valence-corrected chi connectivity index (χ3v) is 5.19. The first-order chi connectivity index (χ1) is 12.9. The van der Waals surface area contributed by atoms with Crippen LogP contribution in [0.5, 0.6) is 0 Å². The summed E-state index contributed by atoms with van der Waals surface area (Å²) in [6, 6.07) is 13.6. The second-order valence-electron chi connectivity index (χ2n) is 5.35. The van der Waals surface area contributed by atoms with Crippen LogP contribution >= 0.6 is 34.5 Å². The fourth-order valence-electron chi connectivity index (χ4n) is 2.34. The predicted molar refractivity (Wildman–Crippen MR) is 105 cm³/mol. The van der Waals surface area contributed by atoms with Gasteiger partial charge in [-0.1, -0.05) is 46.7 Å². The number of thiophene rings is 1. The number of hydrogen-bond acceptors (Lipinski definition) is 5. The molecule has 0 saturated heterocycles. The number of nitrogens with one attached hydrogen (secondary N) is 1. The molecular weight excluding hydrogens is 411 g/mol. The van der Waals surface area contributed by atoms with Gasteiger partial charge in [0.05, 0.1) is 20.5 Å². The zero-order chi connectivity index (χ0) is 19.6. The van der Waals surface area contributed by atoms with E-state index >= 15 is 0 Å². The van der Waals surface area contributed by atoms with Gasteiger partial charge in [-0.05, 0) is 36.4 Å². The van der Waals surface area contributed by atoms with Gasteiger partial charge >= 0.3 is 5.00 Å². The molecule has 0 fully saturated rings. The molecule has 1 heterocycles. The van der Waals surface area contributed by atoms with Crippen LogP contribution in [-0.2, 0) is 0 Å². The molecule has 0 radical (unpaired) electrons. The molecule has 0 aliphatic rings. The molecule has 0 spiro atoms. The number of benzene rings is 2. The van der Waals surface area contributed by atoms with Crippen LogP contribution in [0, 0.1) is 10.1 Å². The van der Waals surface area contributed by atoms with E-state index in [0.717, 1.165) is 11.3 Å². The number of nitro groups is 1. The molecule has 1 amide bonds. The molecule has 0 saturated carbocycles. The monoisotopic (exact) mass is 420 g/mol. The van der Waals surface area contributed by atoms with E-state index in [1.54, 1.807) is 24.3 Å². The zero-order valence-electron chi connectivity index (χ0n) is 13.4. The van der Waals surface area contributed by atoms with Crippen LogP contribution in [0.25, 0.3) is 0 Å². The van der Waals surface area contributed by atoms with Crippen molar-refractivity contribution in [3.63, 3.8) is 0 Å². The summed E-state index contributed by atoms with van der Waals surface area (Å²) < 4.78 is 0. The summed E-state index contributed by atoms with van der Waals surface area (Å²) in [6.45, 7) is 0. The van der Waals surface area contributed by atoms with Crippen molar-refractivity contribution in [2.24, 2.45) is 0 Å². The minimum Gasteiger partial charge on any atom is -0.321 e. The average Bonchev–Trinajstić information content (AvgIpc) is 3.13. The van der Waals surface area contributed by atoms with Crippen molar-refractivity contribution in [3.05, 3.63) is 90.8 Å². The standard InChI is InChI=1S/C18H10Cl2N2O4S/c19-10-5-6-14(21-18(24)15-7-8-16(27-15)22(25)26)12(9-10)17(23)11-3-1-2-4-13(11)20/h1-9H,(H,21,24). The lowest BCUT2D eigenvalue weighted by atomic mass is 10.0. The maximum Gasteiger partial charge on any atom is 0.324 e. The minimum absolute atomic E-state index is 0.146. The highest BCUT2D eigenvalue weighted by molar-refractivity contribution is 7.17. The highest BCUT2D eigenvalue weighted by Crippen LogP contribution is 2.29. The fraction of sp³-hybridized carbons (Fsp3) is 0. The van der Waals surface area contributed by atoms with E-state index in [1.165, 1.54) is 30.3 Å². The van der Waals surface area contributed by atoms with Gasteiger partial charge in [-0.25, -0.2) is 0 Å². The molecular formula is C18H10Cl2N2O4S. The lowest BCUT2D eigenvalue weighted by Gasteiger charge is -2.11. The predicted octanol–water partition coefficient (Wildman–Crippen LogP) is 5.45. The van der Waals surface area contributed by atoms with Gasteiger partial charge in [0.2, 0.25) is 0 Å². The summed E-state index contributed by atoms with van der Waals surface area (Å²) in [6.07, 6.45) is 0. The van der Waals surface area contributed by atoms with Gasteiger partial charge in [0.15, 0.2) is 5.78 Å². The molecule has 2 aromatic carbocycles. The molecule has 1 N–H and O–H groups in total. The van der Waals surface area contributed by atoms with Crippen LogP contribution in [0.15, 0.2) is 54.6 Å². The van der Waals surface area contributed by atoms with E-state index in [4.69, 9.17) is 23.2 Å². The van der Waals surface area contributed by atoms with E-state index in [2.05, 4.69) is 5.32 Å². The zero-order valence-corrected chi connectivity index (χ0v) is 15.8. The maximum absolute atomic E-state index is 12.9.